The standard InChI is InChI=1S/C15H21N5.HI/c1-12(2)19-15(16-3)17-9-13-10-18-20(11-13)14-7-5-4-6-8-14;/h4-8,10-12H,9H2,1-3H3,(H2,16,17,19);1H. The molecule has 0 aliphatic heterocycles. The van der Waals surface area contributed by atoms with E-state index in [1.54, 1.807) is 7.05 Å². The number of hydrogen-bond acceptors (Lipinski definition) is 2. The first-order valence-electron chi connectivity index (χ1n) is 6.75. The number of halogens is 1. The summed E-state index contributed by atoms with van der Waals surface area (Å²) in [5, 5.41) is 10.9. The van der Waals surface area contributed by atoms with E-state index in [0.29, 0.717) is 12.6 Å². The highest BCUT2D eigenvalue weighted by molar-refractivity contribution is 14.0. The van der Waals surface area contributed by atoms with Gasteiger partial charge in [-0.25, -0.2) is 4.68 Å². The smallest absolute Gasteiger partial charge is 0.191 e. The second kappa shape index (κ2) is 8.66. The minimum Gasteiger partial charge on any atom is -0.354 e. The Bertz CT molecular complexity index is 562. The molecule has 0 spiro atoms. The van der Waals surface area contributed by atoms with Gasteiger partial charge in [0.2, 0.25) is 0 Å². The average Bonchev–Trinajstić information content (AvgIpc) is 2.93. The molecule has 0 saturated heterocycles. The highest BCUT2D eigenvalue weighted by Crippen LogP contribution is 2.07. The maximum Gasteiger partial charge on any atom is 0.191 e. The molecule has 2 aromatic rings. The van der Waals surface area contributed by atoms with Gasteiger partial charge in [-0.2, -0.15) is 5.10 Å². The lowest BCUT2D eigenvalue weighted by molar-refractivity contribution is 0.699. The summed E-state index contributed by atoms with van der Waals surface area (Å²) >= 11 is 0. The van der Waals surface area contributed by atoms with E-state index in [2.05, 4.69) is 34.6 Å². The van der Waals surface area contributed by atoms with E-state index >= 15 is 0 Å². The summed E-state index contributed by atoms with van der Waals surface area (Å²) in [6.45, 7) is 4.86. The Morgan fingerprint density at radius 1 is 1.29 bits per heavy atom. The van der Waals surface area contributed by atoms with Gasteiger partial charge in [0, 0.05) is 31.4 Å². The van der Waals surface area contributed by atoms with Crippen LogP contribution in [0.5, 0.6) is 0 Å². The highest BCUT2D eigenvalue weighted by atomic mass is 127. The molecule has 0 saturated carbocycles. The maximum atomic E-state index is 4.37. The van der Waals surface area contributed by atoms with Crippen LogP contribution in [0.4, 0.5) is 0 Å². The lowest BCUT2D eigenvalue weighted by atomic mass is 10.3. The third-order valence-corrected chi connectivity index (χ3v) is 2.77. The minimum absolute atomic E-state index is 0. The SMILES string of the molecule is CN=C(NCc1cnn(-c2ccccc2)c1)NC(C)C.I. The molecule has 0 radical (unpaired) electrons. The van der Waals surface area contributed by atoms with Crippen molar-refractivity contribution in [1.29, 1.82) is 0 Å². The Balaban J connectivity index is 0.00000220. The van der Waals surface area contributed by atoms with Crippen molar-refractivity contribution < 1.29 is 0 Å². The monoisotopic (exact) mass is 399 g/mol. The number of hydrogen-bond donors (Lipinski definition) is 2. The summed E-state index contributed by atoms with van der Waals surface area (Å²) in [5.41, 5.74) is 2.17. The van der Waals surface area contributed by atoms with Crippen LogP contribution in [0.2, 0.25) is 0 Å². The summed E-state index contributed by atoms with van der Waals surface area (Å²) in [6, 6.07) is 10.4. The average molecular weight is 399 g/mol. The van der Waals surface area contributed by atoms with Gasteiger partial charge in [-0.05, 0) is 26.0 Å². The Morgan fingerprint density at radius 3 is 2.62 bits per heavy atom. The number of aromatic nitrogens is 2. The molecule has 0 bridgehead atoms. The quantitative estimate of drug-likeness (QED) is 0.472. The molecule has 2 N–H and O–H groups in total. The zero-order chi connectivity index (χ0) is 14.4. The second-order valence-corrected chi connectivity index (χ2v) is 4.85. The maximum absolute atomic E-state index is 4.37. The van der Waals surface area contributed by atoms with Crippen molar-refractivity contribution in [2.45, 2.75) is 26.4 Å². The fourth-order valence-electron chi connectivity index (χ4n) is 1.83. The molecule has 1 heterocycles. The van der Waals surface area contributed by atoms with Gasteiger partial charge < -0.3 is 10.6 Å². The topological polar surface area (TPSA) is 54.2 Å². The van der Waals surface area contributed by atoms with E-state index in [9.17, 15) is 0 Å². The van der Waals surface area contributed by atoms with Crippen LogP contribution in [0.1, 0.15) is 19.4 Å². The molecule has 5 nitrogen and oxygen atoms in total. The summed E-state index contributed by atoms with van der Waals surface area (Å²) in [6.07, 6.45) is 3.88. The molecule has 2 rings (SSSR count). The molecule has 0 fully saturated rings. The van der Waals surface area contributed by atoms with Gasteiger partial charge in [-0.15, -0.1) is 24.0 Å². The zero-order valence-corrected chi connectivity index (χ0v) is 14.9. The first-order valence-corrected chi connectivity index (χ1v) is 6.75. The van der Waals surface area contributed by atoms with Crippen LogP contribution in [-0.4, -0.2) is 28.8 Å². The zero-order valence-electron chi connectivity index (χ0n) is 12.6. The van der Waals surface area contributed by atoms with Crippen LogP contribution in [0.25, 0.3) is 5.69 Å². The van der Waals surface area contributed by atoms with Crippen LogP contribution in [0.15, 0.2) is 47.7 Å². The Kier molecular flexibility index (Phi) is 7.21. The molecular formula is C15H22IN5. The molecule has 0 unspecified atom stereocenters. The van der Waals surface area contributed by atoms with Gasteiger partial charge >= 0.3 is 0 Å². The van der Waals surface area contributed by atoms with Crippen LogP contribution in [0, 0.1) is 0 Å². The van der Waals surface area contributed by atoms with Crippen molar-refractivity contribution in [3.8, 4) is 5.69 Å². The number of guanidine groups is 1. The summed E-state index contributed by atoms with van der Waals surface area (Å²) in [4.78, 5) is 4.18. The molecule has 0 atom stereocenters. The van der Waals surface area contributed by atoms with Crippen molar-refractivity contribution >= 4 is 29.9 Å². The van der Waals surface area contributed by atoms with E-state index < -0.39 is 0 Å². The molecule has 0 amide bonds. The summed E-state index contributed by atoms with van der Waals surface area (Å²) in [5.74, 6) is 0.799. The normalized spacial score (nSPS) is 11.1. The molecular weight excluding hydrogens is 377 g/mol. The Morgan fingerprint density at radius 2 is 2.00 bits per heavy atom. The lowest BCUT2D eigenvalue weighted by Crippen LogP contribution is -2.40. The molecule has 1 aromatic carbocycles. The third-order valence-electron chi connectivity index (χ3n) is 2.77. The van der Waals surface area contributed by atoms with Gasteiger partial charge in [0.15, 0.2) is 5.96 Å². The van der Waals surface area contributed by atoms with Crippen LogP contribution < -0.4 is 10.6 Å². The number of rotatable bonds is 4. The number of nitrogens with zero attached hydrogens (tertiary/aromatic N) is 3. The fourth-order valence-corrected chi connectivity index (χ4v) is 1.83. The predicted octanol–water partition coefficient (Wildman–Crippen LogP) is 2.56. The number of para-hydroxylation sites is 1. The molecule has 6 heteroatoms. The third kappa shape index (κ3) is 5.37. The molecule has 1 aromatic heterocycles. The molecule has 114 valence electrons. The van der Waals surface area contributed by atoms with E-state index in [1.807, 2.05) is 47.4 Å². The van der Waals surface area contributed by atoms with Gasteiger partial charge in [-0.3, -0.25) is 4.99 Å². The molecule has 0 aliphatic rings. The number of aliphatic imine (C=N–C) groups is 1. The van der Waals surface area contributed by atoms with E-state index in [4.69, 9.17) is 0 Å². The molecule has 21 heavy (non-hydrogen) atoms. The summed E-state index contributed by atoms with van der Waals surface area (Å²) in [7, 11) is 1.77. The Labute approximate surface area is 142 Å². The van der Waals surface area contributed by atoms with Crippen molar-refractivity contribution in [3.05, 3.63) is 48.3 Å². The lowest BCUT2D eigenvalue weighted by Gasteiger charge is -2.13. The van der Waals surface area contributed by atoms with E-state index in [0.717, 1.165) is 17.2 Å². The summed E-state index contributed by atoms with van der Waals surface area (Å²) < 4.78 is 1.87. The van der Waals surface area contributed by atoms with Crippen molar-refractivity contribution in [1.82, 2.24) is 20.4 Å². The second-order valence-electron chi connectivity index (χ2n) is 4.85. The first-order chi connectivity index (χ1) is 9.69. The van der Waals surface area contributed by atoms with Crippen LogP contribution in [0.3, 0.4) is 0 Å². The van der Waals surface area contributed by atoms with Gasteiger partial charge in [0.25, 0.3) is 0 Å². The number of benzene rings is 1. The molecule has 0 aliphatic carbocycles. The fraction of sp³-hybridized carbons (Fsp3) is 0.333. The van der Waals surface area contributed by atoms with Gasteiger partial charge in [0.1, 0.15) is 0 Å². The number of nitrogens with one attached hydrogen (secondary N) is 2. The van der Waals surface area contributed by atoms with Crippen LogP contribution >= 0.6 is 24.0 Å². The van der Waals surface area contributed by atoms with E-state index in [-0.39, 0.29) is 24.0 Å². The van der Waals surface area contributed by atoms with Crippen LogP contribution in [-0.2, 0) is 6.54 Å². The van der Waals surface area contributed by atoms with Gasteiger partial charge in [0.05, 0.1) is 11.9 Å². The van der Waals surface area contributed by atoms with Crippen molar-refractivity contribution in [2.75, 3.05) is 7.05 Å². The van der Waals surface area contributed by atoms with Gasteiger partial charge in [-0.1, -0.05) is 18.2 Å². The van der Waals surface area contributed by atoms with Crippen molar-refractivity contribution in [3.63, 3.8) is 0 Å². The predicted molar refractivity (Wildman–Crippen MR) is 97.4 cm³/mol. The van der Waals surface area contributed by atoms with E-state index in [1.165, 1.54) is 0 Å². The Hall–Kier alpha value is -1.57. The van der Waals surface area contributed by atoms with Crippen molar-refractivity contribution in [2.24, 2.45) is 4.99 Å². The minimum atomic E-state index is 0. The first kappa shape index (κ1) is 17.5. The highest BCUT2D eigenvalue weighted by Gasteiger charge is 2.03. The largest absolute Gasteiger partial charge is 0.354 e.